The molecule has 2 fully saturated rings. The molecule has 4 nitrogen and oxygen atoms in total. The fraction of sp³-hybridized carbons (Fsp3) is 1.00. The molecule has 2 atom stereocenters. The molecule has 2 saturated heterocycles. The van der Waals surface area contributed by atoms with Gasteiger partial charge in [0.1, 0.15) is 0 Å². The Labute approximate surface area is 109 Å². The van der Waals surface area contributed by atoms with Crippen molar-refractivity contribution in [3.63, 3.8) is 0 Å². The van der Waals surface area contributed by atoms with Crippen LogP contribution in [0.1, 0.15) is 19.3 Å². The summed E-state index contributed by atoms with van der Waals surface area (Å²) in [6.45, 7) is 3.55. The number of hydrogen-bond donors (Lipinski definition) is 2. The van der Waals surface area contributed by atoms with Crippen molar-refractivity contribution in [2.45, 2.75) is 31.5 Å². The Morgan fingerprint density at radius 1 is 1.41 bits per heavy atom. The molecular formula is C12H26N4S. The Balaban J connectivity index is 1.86. The van der Waals surface area contributed by atoms with E-state index in [0.717, 1.165) is 12.6 Å². The zero-order valence-corrected chi connectivity index (χ0v) is 11.9. The molecular weight excluding hydrogens is 232 g/mol. The molecule has 0 amide bonds. The molecule has 0 aromatic carbocycles. The normalized spacial score (nSPS) is 31.9. The highest BCUT2D eigenvalue weighted by Crippen LogP contribution is 2.22. The predicted molar refractivity (Wildman–Crippen MR) is 75.2 cm³/mol. The van der Waals surface area contributed by atoms with E-state index in [1.165, 1.54) is 43.9 Å². The van der Waals surface area contributed by atoms with Gasteiger partial charge in [-0.25, -0.2) is 5.43 Å². The van der Waals surface area contributed by atoms with Crippen LogP contribution in [-0.2, 0) is 0 Å². The molecule has 100 valence electrons. The fourth-order valence-electron chi connectivity index (χ4n) is 2.63. The highest BCUT2D eigenvalue weighted by molar-refractivity contribution is 7.99. The van der Waals surface area contributed by atoms with Crippen molar-refractivity contribution in [3.8, 4) is 0 Å². The van der Waals surface area contributed by atoms with Gasteiger partial charge in [0, 0.05) is 30.6 Å². The minimum atomic E-state index is 0.553. The summed E-state index contributed by atoms with van der Waals surface area (Å²) < 4.78 is 0. The molecule has 0 bridgehead atoms. The zero-order valence-electron chi connectivity index (χ0n) is 11.1. The summed E-state index contributed by atoms with van der Waals surface area (Å²) in [5.41, 5.74) is 6.77. The first-order valence-corrected chi connectivity index (χ1v) is 7.89. The molecule has 2 rings (SSSR count). The monoisotopic (exact) mass is 258 g/mol. The molecule has 17 heavy (non-hydrogen) atoms. The van der Waals surface area contributed by atoms with Crippen LogP contribution >= 0.6 is 11.8 Å². The van der Waals surface area contributed by atoms with Gasteiger partial charge in [-0.05, 0) is 39.9 Å². The van der Waals surface area contributed by atoms with Crippen LogP contribution in [0.3, 0.4) is 0 Å². The van der Waals surface area contributed by atoms with Crippen molar-refractivity contribution in [2.24, 2.45) is 0 Å². The minimum absolute atomic E-state index is 0.553. The van der Waals surface area contributed by atoms with Crippen molar-refractivity contribution < 1.29 is 0 Å². The number of rotatable bonds is 4. The number of hydrogen-bond acceptors (Lipinski definition) is 5. The molecule has 0 spiro atoms. The smallest absolute Gasteiger partial charge is 0.0732 e. The summed E-state index contributed by atoms with van der Waals surface area (Å²) in [5.74, 6) is 2.59. The van der Waals surface area contributed by atoms with Gasteiger partial charge >= 0.3 is 0 Å². The van der Waals surface area contributed by atoms with Crippen molar-refractivity contribution in [3.05, 3.63) is 0 Å². The molecule has 0 aromatic heterocycles. The maximum absolute atomic E-state index is 3.46. The first kappa shape index (κ1) is 13.6. The summed E-state index contributed by atoms with van der Waals surface area (Å²) in [6, 6.07) is 0.744. The first-order valence-electron chi connectivity index (χ1n) is 6.74. The van der Waals surface area contributed by atoms with Crippen molar-refractivity contribution in [1.82, 2.24) is 20.7 Å². The van der Waals surface area contributed by atoms with Crippen LogP contribution in [0.25, 0.3) is 0 Å². The van der Waals surface area contributed by atoms with Gasteiger partial charge < -0.3 is 4.90 Å². The standard InChI is InChI=1S/C12H26N4S/c1-15(2)7-5-11-10-17-9-8-16(11)12-4-3-6-13-14-12/h11-14H,3-10H2,1-2H3. The Morgan fingerprint density at radius 2 is 2.29 bits per heavy atom. The van der Waals surface area contributed by atoms with E-state index < -0.39 is 0 Å². The Morgan fingerprint density at radius 3 is 3.00 bits per heavy atom. The molecule has 2 aliphatic heterocycles. The van der Waals surface area contributed by atoms with E-state index in [-0.39, 0.29) is 0 Å². The largest absolute Gasteiger partial charge is 0.309 e. The van der Waals surface area contributed by atoms with E-state index in [1.807, 2.05) is 0 Å². The van der Waals surface area contributed by atoms with E-state index in [4.69, 9.17) is 0 Å². The highest BCUT2D eigenvalue weighted by atomic mass is 32.2. The van der Waals surface area contributed by atoms with Crippen molar-refractivity contribution in [1.29, 1.82) is 0 Å². The zero-order chi connectivity index (χ0) is 12.1. The third-order valence-electron chi connectivity index (χ3n) is 3.63. The molecule has 0 radical (unpaired) electrons. The molecule has 2 unspecified atom stereocenters. The van der Waals surface area contributed by atoms with Crippen LogP contribution in [0.4, 0.5) is 0 Å². The number of nitrogens with zero attached hydrogens (tertiary/aromatic N) is 2. The number of hydrazine groups is 1. The highest BCUT2D eigenvalue weighted by Gasteiger charge is 2.29. The van der Waals surface area contributed by atoms with Crippen LogP contribution in [-0.4, -0.2) is 67.2 Å². The lowest BCUT2D eigenvalue weighted by molar-refractivity contribution is 0.0800. The molecule has 2 aliphatic rings. The topological polar surface area (TPSA) is 30.5 Å². The van der Waals surface area contributed by atoms with Gasteiger partial charge in [0.25, 0.3) is 0 Å². The van der Waals surface area contributed by atoms with Gasteiger partial charge in [-0.3, -0.25) is 10.3 Å². The summed E-state index contributed by atoms with van der Waals surface area (Å²) >= 11 is 2.11. The maximum atomic E-state index is 3.46. The second kappa shape index (κ2) is 6.95. The predicted octanol–water partition coefficient (Wildman–Crippen LogP) is 0.570. The molecule has 5 heteroatoms. The van der Waals surface area contributed by atoms with E-state index in [1.54, 1.807) is 0 Å². The Hall–Kier alpha value is 0.190. The van der Waals surface area contributed by atoms with E-state index in [9.17, 15) is 0 Å². The third-order valence-corrected chi connectivity index (χ3v) is 4.72. The van der Waals surface area contributed by atoms with E-state index in [2.05, 4.69) is 46.5 Å². The Bertz CT molecular complexity index is 219. The van der Waals surface area contributed by atoms with Crippen LogP contribution < -0.4 is 10.9 Å². The molecule has 0 aromatic rings. The lowest BCUT2D eigenvalue weighted by Crippen LogP contribution is -2.60. The average Bonchev–Trinajstić information content (AvgIpc) is 2.38. The lowest BCUT2D eigenvalue weighted by atomic mass is 10.1. The van der Waals surface area contributed by atoms with Gasteiger partial charge in [-0.15, -0.1) is 0 Å². The lowest BCUT2D eigenvalue weighted by Gasteiger charge is -2.43. The van der Waals surface area contributed by atoms with Crippen LogP contribution in [0.5, 0.6) is 0 Å². The van der Waals surface area contributed by atoms with E-state index >= 15 is 0 Å². The van der Waals surface area contributed by atoms with Gasteiger partial charge in [0.15, 0.2) is 0 Å². The van der Waals surface area contributed by atoms with Crippen LogP contribution in [0.15, 0.2) is 0 Å². The second-order valence-corrected chi connectivity index (χ2v) is 6.44. The minimum Gasteiger partial charge on any atom is -0.309 e. The van der Waals surface area contributed by atoms with Crippen LogP contribution in [0, 0.1) is 0 Å². The van der Waals surface area contributed by atoms with Crippen LogP contribution in [0.2, 0.25) is 0 Å². The summed E-state index contributed by atoms with van der Waals surface area (Å²) in [7, 11) is 4.33. The summed E-state index contributed by atoms with van der Waals surface area (Å²) in [4.78, 5) is 4.98. The van der Waals surface area contributed by atoms with Gasteiger partial charge in [0.2, 0.25) is 0 Å². The van der Waals surface area contributed by atoms with E-state index in [0.29, 0.717) is 6.17 Å². The van der Waals surface area contributed by atoms with Gasteiger partial charge in [-0.2, -0.15) is 11.8 Å². The third kappa shape index (κ3) is 4.10. The molecule has 2 N–H and O–H groups in total. The van der Waals surface area contributed by atoms with Gasteiger partial charge in [0.05, 0.1) is 6.17 Å². The Kier molecular flexibility index (Phi) is 5.56. The van der Waals surface area contributed by atoms with Crippen molar-refractivity contribution >= 4 is 11.8 Å². The first-order chi connectivity index (χ1) is 8.27. The average molecular weight is 258 g/mol. The SMILES string of the molecule is CN(C)CCC1CSCCN1C1CCCNN1. The fourth-order valence-corrected chi connectivity index (χ4v) is 3.77. The number of thioether (sulfide) groups is 1. The summed E-state index contributed by atoms with van der Waals surface area (Å²) in [6.07, 6.45) is 4.42. The maximum Gasteiger partial charge on any atom is 0.0732 e. The molecule has 2 heterocycles. The van der Waals surface area contributed by atoms with Gasteiger partial charge in [-0.1, -0.05) is 0 Å². The summed E-state index contributed by atoms with van der Waals surface area (Å²) in [5, 5.41) is 0. The second-order valence-electron chi connectivity index (χ2n) is 5.29. The number of nitrogens with one attached hydrogen (secondary N) is 2. The van der Waals surface area contributed by atoms with Crippen molar-refractivity contribution in [2.75, 3.05) is 45.2 Å². The quantitative estimate of drug-likeness (QED) is 0.770. The molecule has 0 aliphatic carbocycles. The molecule has 0 saturated carbocycles.